The number of aliphatic hydroxyl groups excluding tert-OH is 1. The molecule has 2 heterocycles. The predicted molar refractivity (Wildman–Crippen MR) is 112 cm³/mol. The number of Topliss-reactive ketones (excluding diaryl/α,β-unsaturated/α-hetero) is 1. The second kappa shape index (κ2) is 7.70. The average Bonchev–Trinajstić information content (AvgIpc) is 3.00. The van der Waals surface area contributed by atoms with E-state index in [1.807, 2.05) is 0 Å². The van der Waals surface area contributed by atoms with E-state index in [1.54, 1.807) is 66.9 Å². The molecule has 0 aliphatic carbocycles. The van der Waals surface area contributed by atoms with Gasteiger partial charge in [0.05, 0.1) is 23.5 Å². The van der Waals surface area contributed by atoms with Gasteiger partial charge in [-0.1, -0.05) is 35.3 Å². The van der Waals surface area contributed by atoms with Gasteiger partial charge in [-0.2, -0.15) is 0 Å². The van der Waals surface area contributed by atoms with Crippen LogP contribution in [-0.2, 0) is 9.59 Å². The zero-order valence-corrected chi connectivity index (χ0v) is 16.4. The molecule has 0 unspecified atom stereocenters. The molecule has 29 heavy (non-hydrogen) atoms. The zero-order chi connectivity index (χ0) is 20.5. The van der Waals surface area contributed by atoms with Crippen LogP contribution in [0, 0.1) is 0 Å². The number of carbonyl (C=O) groups excluding carboxylic acids is 2. The van der Waals surface area contributed by atoms with Crippen LogP contribution in [0.4, 0.5) is 5.69 Å². The summed E-state index contributed by atoms with van der Waals surface area (Å²) in [6, 6.07) is 15.7. The van der Waals surface area contributed by atoms with Crippen LogP contribution in [0.25, 0.3) is 5.76 Å². The molecule has 1 N–H and O–H groups in total. The van der Waals surface area contributed by atoms with Gasteiger partial charge in [0, 0.05) is 21.8 Å². The Balaban J connectivity index is 1.94. The Hall–Kier alpha value is -3.15. The number of ketones is 1. The molecular weight excluding hydrogens is 411 g/mol. The van der Waals surface area contributed by atoms with Crippen molar-refractivity contribution < 1.29 is 14.7 Å². The Bertz CT molecular complexity index is 1110. The van der Waals surface area contributed by atoms with Crippen LogP contribution in [0.1, 0.15) is 17.2 Å². The molecule has 7 heteroatoms. The van der Waals surface area contributed by atoms with E-state index in [0.717, 1.165) is 0 Å². The summed E-state index contributed by atoms with van der Waals surface area (Å²) in [7, 11) is 0. The van der Waals surface area contributed by atoms with Crippen LogP contribution < -0.4 is 4.90 Å². The SMILES string of the molecule is O=C1C(=O)N(c2cccnc2)[C@@H](c2ccc(Cl)cc2)C1=C(O)c1ccc(Cl)cc1. The third-order valence-electron chi connectivity index (χ3n) is 4.67. The van der Waals surface area contributed by atoms with Crippen molar-refractivity contribution in [1.82, 2.24) is 4.98 Å². The maximum atomic E-state index is 12.9. The van der Waals surface area contributed by atoms with Crippen LogP contribution in [0.15, 0.2) is 78.6 Å². The summed E-state index contributed by atoms with van der Waals surface area (Å²) in [6.45, 7) is 0. The van der Waals surface area contributed by atoms with E-state index in [1.165, 1.54) is 11.1 Å². The minimum absolute atomic E-state index is 0.0107. The molecule has 0 spiro atoms. The molecule has 1 aliphatic rings. The van der Waals surface area contributed by atoms with Gasteiger partial charge in [0.25, 0.3) is 11.7 Å². The number of anilines is 1. The van der Waals surface area contributed by atoms with Gasteiger partial charge in [0.1, 0.15) is 5.76 Å². The van der Waals surface area contributed by atoms with E-state index in [2.05, 4.69) is 4.98 Å². The number of benzene rings is 2. The number of halogens is 2. The molecule has 1 atom stereocenters. The smallest absolute Gasteiger partial charge is 0.300 e. The van der Waals surface area contributed by atoms with Crippen LogP contribution in [0.5, 0.6) is 0 Å². The van der Waals surface area contributed by atoms with Gasteiger partial charge < -0.3 is 5.11 Å². The van der Waals surface area contributed by atoms with Crippen molar-refractivity contribution in [3.8, 4) is 0 Å². The van der Waals surface area contributed by atoms with E-state index in [4.69, 9.17) is 23.2 Å². The van der Waals surface area contributed by atoms with E-state index in [-0.39, 0.29) is 11.3 Å². The van der Waals surface area contributed by atoms with Gasteiger partial charge >= 0.3 is 0 Å². The molecule has 2 aromatic carbocycles. The second-order valence-corrected chi connectivity index (χ2v) is 7.31. The zero-order valence-electron chi connectivity index (χ0n) is 14.9. The number of carbonyl (C=O) groups is 2. The molecule has 1 aliphatic heterocycles. The number of aliphatic hydroxyl groups is 1. The molecule has 0 saturated carbocycles. The van der Waals surface area contributed by atoms with Crippen LogP contribution >= 0.6 is 23.2 Å². The Labute approximate surface area is 176 Å². The Kier molecular flexibility index (Phi) is 5.09. The average molecular weight is 425 g/mol. The highest BCUT2D eigenvalue weighted by Crippen LogP contribution is 2.42. The number of pyridine rings is 1. The Morgan fingerprint density at radius 1 is 0.931 bits per heavy atom. The lowest BCUT2D eigenvalue weighted by atomic mass is 9.95. The summed E-state index contributed by atoms with van der Waals surface area (Å²) < 4.78 is 0. The largest absolute Gasteiger partial charge is 0.507 e. The van der Waals surface area contributed by atoms with E-state index in [0.29, 0.717) is 26.9 Å². The lowest BCUT2D eigenvalue weighted by molar-refractivity contribution is -0.132. The monoisotopic (exact) mass is 424 g/mol. The van der Waals surface area contributed by atoms with Crippen molar-refractivity contribution in [3.05, 3.63) is 99.8 Å². The van der Waals surface area contributed by atoms with Gasteiger partial charge in [-0.3, -0.25) is 19.5 Å². The molecule has 1 fully saturated rings. The van der Waals surface area contributed by atoms with E-state index < -0.39 is 17.7 Å². The third kappa shape index (κ3) is 3.50. The van der Waals surface area contributed by atoms with Crippen molar-refractivity contribution in [1.29, 1.82) is 0 Å². The summed E-state index contributed by atoms with van der Waals surface area (Å²) >= 11 is 11.9. The third-order valence-corrected chi connectivity index (χ3v) is 5.18. The van der Waals surface area contributed by atoms with Crippen molar-refractivity contribution >= 4 is 46.3 Å². The second-order valence-electron chi connectivity index (χ2n) is 6.44. The maximum Gasteiger partial charge on any atom is 0.300 e. The van der Waals surface area contributed by atoms with Gasteiger partial charge in [-0.25, -0.2) is 0 Å². The molecule has 144 valence electrons. The van der Waals surface area contributed by atoms with Crippen molar-refractivity contribution in [2.75, 3.05) is 4.90 Å². The maximum absolute atomic E-state index is 12.9. The van der Waals surface area contributed by atoms with Gasteiger partial charge in [0.2, 0.25) is 0 Å². The topological polar surface area (TPSA) is 70.5 Å². The van der Waals surface area contributed by atoms with Crippen LogP contribution in [0.2, 0.25) is 10.0 Å². The van der Waals surface area contributed by atoms with Gasteiger partial charge in [-0.05, 0) is 54.1 Å². The first-order chi connectivity index (χ1) is 14.0. The first kappa shape index (κ1) is 19.2. The van der Waals surface area contributed by atoms with Crippen LogP contribution in [-0.4, -0.2) is 21.8 Å². The van der Waals surface area contributed by atoms with Crippen molar-refractivity contribution in [2.45, 2.75) is 6.04 Å². The van der Waals surface area contributed by atoms with E-state index in [9.17, 15) is 14.7 Å². The standard InChI is InChI=1S/C22H14Cl2N2O3/c23-15-7-3-13(4-8-15)19-18(20(27)14-5-9-16(24)10-6-14)21(28)22(29)26(19)17-2-1-11-25-12-17/h1-12,19,27H/t19-/m0/s1. The van der Waals surface area contributed by atoms with Crippen molar-refractivity contribution in [2.24, 2.45) is 0 Å². The molecule has 5 nitrogen and oxygen atoms in total. The summed E-state index contributed by atoms with van der Waals surface area (Å²) in [6.07, 6.45) is 3.07. The lowest BCUT2D eigenvalue weighted by Crippen LogP contribution is -2.29. The first-order valence-corrected chi connectivity index (χ1v) is 9.45. The number of amides is 1. The normalized spacial score (nSPS) is 18.3. The summed E-state index contributed by atoms with van der Waals surface area (Å²) in [5, 5.41) is 12.0. The molecular formula is C22H14Cl2N2O3. The Morgan fingerprint density at radius 3 is 2.14 bits per heavy atom. The van der Waals surface area contributed by atoms with Crippen molar-refractivity contribution in [3.63, 3.8) is 0 Å². The van der Waals surface area contributed by atoms with E-state index >= 15 is 0 Å². The number of nitrogens with zero attached hydrogens (tertiary/aromatic N) is 2. The summed E-state index contributed by atoms with van der Waals surface area (Å²) in [5.74, 6) is -1.79. The lowest BCUT2D eigenvalue weighted by Gasteiger charge is -2.25. The minimum atomic E-state index is -0.827. The highest BCUT2D eigenvalue weighted by Gasteiger charge is 2.47. The molecule has 0 radical (unpaired) electrons. The number of rotatable bonds is 3. The minimum Gasteiger partial charge on any atom is -0.507 e. The molecule has 3 aromatic rings. The van der Waals surface area contributed by atoms with Gasteiger partial charge in [-0.15, -0.1) is 0 Å². The number of hydrogen-bond donors (Lipinski definition) is 1. The van der Waals surface area contributed by atoms with Gasteiger partial charge in [0.15, 0.2) is 0 Å². The molecule has 4 rings (SSSR count). The predicted octanol–water partition coefficient (Wildman–Crippen LogP) is 5.01. The van der Waals surface area contributed by atoms with Crippen LogP contribution in [0.3, 0.4) is 0 Å². The summed E-state index contributed by atoms with van der Waals surface area (Å²) in [4.78, 5) is 31.2. The summed E-state index contributed by atoms with van der Waals surface area (Å²) in [5.41, 5.74) is 1.46. The Morgan fingerprint density at radius 2 is 1.55 bits per heavy atom. The number of hydrogen-bond acceptors (Lipinski definition) is 4. The highest BCUT2D eigenvalue weighted by atomic mass is 35.5. The number of aromatic nitrogens is 1. The fourth-order valence-electron chi connectivity index (χ4n) is 3.32. The first-order valence-electron chi connectivity index (χ1n) is 8.70. The molecule has 1 aromatic heterocycles. The molecule has 1 amide bonds. The quantitative estimate of drug-likeness (QED) is 0.364. The fraction of sp³-hybridized carbons (Fsp3) is 0.0455. The highest BCUT2D eigenvalue weighted by molar-refractivity contribution is 6.51. The molecule has 1 saturated heterocycles. The fourth-order valence-corrected chi connectivity index (χ4v) is 3.57. The molecule has 0 bridgehead atoms.